The molecule has 1 aliphatic rings. The van der Waals surface area contributed by atoms with Crippen molar-refractivity contribution in [2.45, 2.75) is 19.4 Å². The van der Waals surface area contributed by atoms with Gasteiger partial charge in [0.2, 0.25) is 0 Å². The molecule has 5 nitrogen and oxygen atoms in total. The van der Waals surface area contributed by atoms with Crippen molar-refractivity contribution in [1.29, 1.82) is 0 Å². The van der Waals surface area contributed by atoms with Crippen LogP contribution in [0.15, 0.2) is 30.5 Å². The number of nitrogens with zero attached hydrogens (tertiary/aromatic N) is 2. The van der Waals surface area contributed by atoms with E-state index in [1.807, 2.05) is 19.1 Å². The summed E-state index contributed by atoms with van der Waals surface area (Å²) in [5.41, 5.74) is 2.72. The summed E-state index contributed by atoms with van der Waals surface area (Å²) >= 11 is 0. The molecule has 0 fully saturated rings. The summed E-state index contributed by atoms with van der Waals surface area (Å²) in [6.07, 6.45) is 1.21. The minimum atomic E-state index is -0.495. The topological polar surface area (TPSA) is 61.2 Å². The Morgan fingerprint density at radius 1 is 1.40 bits per heavy atom. The Kier molecular flexibility index (Phi) is 2.89. The number of cyclic esters (lactones) is 1. The van der Waals surface area contributed by atoms with Crippen LogP contribution in [-0.2, 0) is 11.8 Å². The van der Waals surface area contributed by atoms with Gasteiger partial charge >= 0.3 is 5.97 Å². The Labute approximate surface area is 116 Å². The summed E-state index contributed by atoms with van der Waals surface area (Å²) in [7, 11) is 1.79. The molecular formula is C15H14N2O3. The quantitative estimate of drug-likeness (QED) is 0.633. The first-order valence-corrected chi connectivity index (χ1v) is 6.39. The monoisotopic (exact) mass is 270 g/mol. The third-order valence-corrected chi connectivity index (χ3v) is 3.68. The molecule has 1 aromatic heterocycles. The van der Waals surface area contributed by atoms with Gasteiger partial charge in [0.15, 0.2) is 5.78 Å². The van der Waals surface area contributed by atoms with Gasteiger partial charge in [0.25, 0.3) is 0 Å². The summed E-state index contributed by atoms with van der Waals surface area (Å²) < 4.78 is 6.94. The normalized spacial score (nSPS) is 16.9. The number of hydrogen-bond acceptors (Lipinski definition) is 4. The van der Waals surface area contributed by atoms with Crippen LogP contribution in [0.25, 0.3) is 0 Å². The van der Waals surface area contributed by atoms with Crippen molar-refractivity contribution >= 4 is 11.8 Å². The van der Waals surface area contributed by atoms with E-state index in [0.29, 0.717) is 11.1 Å². The molecule has 3 rings (SSSR count). The van der Waals surface area contributed by atoms with E-state index < -0.39 is 6.10 Å². The molecule has 1 aliphatic heterocycles. The van der Waals surface area contributed by atoms with Crippen LogP contribution in [0.1, 0.15) is 44.5 Å². The second-order valence-electron chi connectivity index (χ2n) is 4.88. The van der Waals surface area contributed by atoms with Crippen molar-refractivity contribution in [1.82, 2.24) is 9.78 Å². The molecule has 0 aliphatic carbocycles. The number of carbonyl (C=O) groups excluding carboxylic acids is 2. The lowest BCUT2D eigenvalue weighted by atomic mass is 9.99. The first-order valence-electron chi connectivity index (χ1n) is 6.39. The van der Waals surface area contributed by atoms with Gasteiger partial charge in [-0.2, -0.15) is 5.10 Å². The molecule has 0 N–H and O–H groups in total. The largest absolute Gasteiger partial charge is 0.453 e. The van der Waals surface area contributed by atoms with Crippen molar-refractivity contribution in [3.63, 3.8) is 0 Å². The van der Waals surface area contributed by atoms with E-state index in [1.54, 1.807) is 30.1 Å². The van der Waals surface area contributed by atoms with Gasteiger partial charge in [-0.25, -0.2) is 4.79 Å². The van der Waals surface area contributed by atoms with E-state index in [-0.39, 0.29) is 18.2 Å². The van der Waals surface area contributed by atoms with E-state index in [0.717, 1.165) is 11.3 Å². The maximum atomic E-state index is 12.3. The molecule has 102 valence electrons. The molecule has 20 heavy (non-hydrogen) atoms. The zero-order chi connectivity index (χ0) is 14.3. The number of benzene rings is 1. The average molecular weight is 270 g/mol. The predicted molar refractivity (Wildman–Crippen MR) is 71.5 cm³/mol. The zero-order valence-corrected chi connectivity index (χ0v) is 11.3. The van der Waals surface area contributed by atoms with Crippen LogP contribution in [0.4, 0.5) is 0 Å². The van der Waals surface area contributed by atoms with Gasteiger partial charge < -0.3 is 4.74 Å². The summed E-state index contributed by atoms with van der Waals surface area (Å²) in [6, 6.07) is 7.18. The number of aromatic nitrogens is 2. The van der Waals surface area contributed by atoms with Crippen LogP contribution in [0.2, 0.25) is 0 Å². The Balaban J connectivity index is 1.85. The van der Waals surface area contributed by atoms with Crippen molar-refractivity contribution in [2.75, 3.05) is 0 Å². The standard InChI is InChI=1S/C15H14N2O3/c1-9-12(8-16-17(9)2)13(18)7-14-10-5-3-4-6-11(10)15(19)20-14/h3-6,8,14H,7H2,1-2H3. The molecule has 5 heteroatoms. The summed E-state index contributed by atoms with van der Waals surface area (Å²) in [4.78, 5) is 24.0. The number of carbonyl (C=O) groups is 2. The van der Waals surface area contributed by atoms with Crippen LogP contribution in [0, 0.1) is 6.92 Å². The number of hydrogen-bond donors (Lipinski definition) is 0. The highest BCUT2D eigenvalue weighted by molar-refractivity contribution is 5.99. The van der Waals surface area contributed by atoms with Gasteiger partial charge in [-0.3, -0.25) is 9.48 Å². The first kappa shape index (κ1) is 12.6. The lowest BCUT2D eigenvalue weighted by Crippen LogP contribution is -2.08. The maximum Gasteiger partial charge on any atom is 0.339 e. The van der Waals surface area contributed by atoms with Crippen molar-refractivity contribution in [3.05, 3.63) is 52.8 Å². The van der Waals surface area contributed by atoms with E-state index >= 15 is 0 Å². The number of ether oxygens (including phenoxy) is 1. The van der Waals surface area contributed by atoms with Gasteiger partial charge in [-0.05, 0) is 13.0 Å². The van der Waals surface area contributed by atoms with Crippen LogP contribution >= 0.6 is 0 Å². The van der Waals surface area contributed by atoms with Crippen LogP contribution in [0.3, 0.4) is 0 Å². The van der Waals surface area contributed by atoms with Gasteiger partial charge in [0.05, 0.1) is 23.7 Å². The molecule has 0 amide bonds. The number of fused-ring (bicyclic) bond motifs is 1. The van der Waals surface area contributed by atoms with E-state index in [4.69, 9.17) is 4.74 Å². The molecule has 1 unspecified atom stereocenters. The summed E-state index contributed by atoms with van der Waals surface area (Å²) in [5, 5.41) is 4.06. The molecular weight excluding hydrogens is 256 g/mol. The van der Waals surface area contributed by atoms with Crippen molar-refractivity contribution in [2.24, 2.45) is 7.05 Å². The van der Waals surface area contributed by atoms with E-state index in [1.165, 1.54) is 0 Å². The minimum Gasteiger partial charge on any atom is -0.453 e. The van der Waals surface area contributed by atoms with Crippen LogP contribution in [-0.4, -0.2) is 21.5 Å². The maximum absolute atomic E-state index is 12.3. The lowest BCUT2D eigenvalue weighted by molar-refractivity contribution is 0.0367. The fraction of sp³-hybridized carbons (Fsp3) is 0.267. The Bertz CT molecular complexity index is 703. The molecule has 0 saturated carbocycles. The van der Waals surface area contributed by atoms with Gasteiger partial charge in [0.1, 0.15) is 6.10 Å². The average Bonchev–Trinajstić information content (AvgIpc) is 2.93. The molecule has 2 heterocycles. The fourth-order valence-corrected chi connectivity index (χ4v) is 2.42. The molecule has 1 atom stereocenters. The Hall–Kier alpha value is -2.43. The second-order valence-corrected chi connectivity index (χ2v) is 4.88. The number of rotatable bonds is 3. The summed E-state index contributed by atoms with van der Waals surface area (Å²) in [6.45, 7) is 1.84. The van der Waals surface area contributed by atoms with Gasteiger partial charge in [0, 0.05) is 18.3 Å². The fourth-order valence-electron chi connectivity index (χ4n) is 2.42. The zero-order valence-electron chi connectivity index (χ0n) is 11.3. The van der Waals surface area contributed by atoms with Crippen molar-refractivity contribution < 1.29 is 14.3 Å². The summed E-state index contributed by atoms with van der Waals surface area (Å²) in [5.74, 6) is -0.425. The molecule has 1 aromatic carbocycles. The molecule has 0 bridgehead atoms. The predicted octanol–water partition coefficient (Wildman–Crippen LogP) is 2.21. The number of esters is 1. The second kappa shape index (κ2) is 4.59. The highest BCUT2D eigenvalue weighted by Crippen LogP contribution is 2.33. The third-order valence-electron chi connectivity index (χ3n) is 3.68. The number of Topliss-reactive ketones (excluding diaryl/α,β-unsaturated/α-hetero) is 1. The SMILES string of the molecule is Cc1c(C(=O)CC2OC(=O)c3ccccc32)cnn1C. The van der Waals surface area contributed by atoms with Gasteiger partial charge in [-0.1, -0.05) is 18.2 Å². The van der Waals surface area contributed by atoms with E-state index in [2.05, 4.69) is 5.10 Å². The lowest BCUT2D eigenvalue weighted by Gasteiger charge is -2.09. The first-order chi connectivity index (χ1) is 9.58. The molecule has 2 aromatic rings. The minimum absolute atomic E-state index is 0.0647. The highest BCUT2D eigenvalue weighted by Gasteiger charge is 2.32. The Morgan fingerprint density at radius 2 is 2.15 bits per heavy atom. The highest BCUT2D eigenvalue weighted by atomic mass is 16.5. The number of aryl methyl sites for hydroxylation is 1. The van der Waals surface area contributed by atoms with Crippen LogP contribution < -0.4 is 0 Å². The third kappa shape index (κ3) is 1.91. The van der Waals surface area contributed by atoms with E-state index in [9.17, 15) is 9.59 Å². The molecule has 0 saturated heterocycles. The smallest absolute Gasteiger partial charge is 0.339 e. The number of ketones is 1. The molecule has 0 spiro atoms. The molecule has 0 radical (unpaired) electrons. The Morgan fingerprint density at radius 3 is 2.85 bits per heavy atom. The van der Waals surface area contributed by atoms with Crippen LogP contribution in [0.5, 0.6) is 0 Å². The van der Waals surface area contributed by atoms with Gasteiger partial charge in [-0.15, -0.1) is 0 Å². The van der Waals surface area contributed by atoms with Crippen molar-refractivity contribution in [3.8, 4) is 0 Å².